The zero-order chi connectivity index (χ0) is 42.6. The number of hydrogen-bond acceptors (Lipinski definition) is 0. The molecule has 0 saturated carbocycles. The van der Waals surface area contributed by atoms with Crippen molar-refractivity contribution >= 4 is 64.6 Å². The highest BCUT2D eigenvalue weighted by Crippen LogP contribution is 2.48. The Labute approximate surface area is 325 Å². The van der Waals surface area contributed by atoms with Gasteiger partial charge in [-0.1, -0.05) is 200 Å². The van der Waals surface area contributed by atoms with Crippen LogP contribution in [0.4, 0.5) is 0 Å². The summed E-state index contributed by atoms with van der Waals surface area (Å²) in [7, 11) is 0. The van der Waals surface area contributed by atoms with E-state index in [4.69, 9.17) is 5.48 Å². The third kappa shape index (κ3) is 4.71. The lowest BCUT2D eigenvalue weighted by Gasteiger charge is -2.21. The van der Waals surface area contributed by atoms with Crippen LogP contribution in [0.3, 0.4) is 0 Å². The molecule has 0 aliphatic rings. The minimum Gasteiger partial charge on any atom is -0.0622 e. The van der Waals surface area contributed by atoms with Crippen molar-refractivity contribution in [3.8, 4) is 44.5 Å². The van der Waals surface area contributed by atoms with Gasteiger partial charge in [0.15, 0.2) is 0 Å². The van der Waals surface area contributed by atoms with E-state index in [0.29, 0.717) is 22.3 Å². The van der Waals surface area contributed by atoms with Crippen LogP contribution >= 0.6 is 0 Å². The van der Waals surface area contributed by atoms with Gasteiger partial charge in [0, 0.05) is 0 Å². The predicted molar refractivity (Wildman–Crippen MR) is 233 cm³/mol. The van der Waals surface area contributed by atoms with Crippen LogP contribution in [0.15, 0.2) is 206 Å². The molecule has 0 bridgehead atoms. The maximum atomic E-state index is 9.62. The molecule has 0 aliphatic heterocycles. The van der Waals surface area contributed by atoms with E-state index in [9.17, 15) is 5.48 Å². The fraction of sp³-hybridized carbons (Fsp3) is 0. The Morgan fingerprint density at radius 2 is 0.611 bits per heavy atom. The fourth-order valence-electron chi connectivity index (χ4n) is 8.47. The van der Waals surface area contributed by atoms with Gasteiger partial charge in [0.2, 0.25) is 0 Å². The fourth-order valence-corrected chi connectivity index (χ4v) is 8.47. The Hall–Kier alpha value is -7.02. The molecule has 250 valence electrons. The van der Waals surface area contributed by atoms with E-state index in [0.717, 1.165) is 65.3 Å². The first-order chi connectivity index (χ1) is 30.1. The molecule has 0 aromatic heterocycles. The zero-order valence-electron chi connectivity index (χ0n) is 37.0. The van der Waals surface area contributed by atoms with Crippen molar-refractivity contribution in [2.45, 2.75) is 0 Å². The number of rotatable bonds is 4. The van der Waals surface area contributed by atoms with Crippen molar-refractivity contribution in [2.75, 3.05) is 0 Å². The maximum absolute atomic E-state index is 9.62. The molecule has 11 aromatic carbocycles. The molecular weight excluding hydrogens is 649 g/mol. The molecule has 11 aromatic rings. The first-order valence-electron chi connectivity index (χ1n) is 22.1. The standard InChI is InChI=1S/C54H34/c1-2-14-35(15-3-1)36-26-28-37(29-27-36)38-30-32-39(33-31-38)52-46-22-10-12-24-48(46)54(49-25-13-11-23-47(49)52)51-34-50-42-18-5-4-16-40(42)41-17-6-8-20-44(41)53(50)45-21-9-7-19-43(45)51/h1-34H/i10D,11D,12D,13D,22D,23D,24D,25D. The molecule has 0 saturated heterocycles. The smallest absolute Gasteiger partial charge is 0.0622 e. The van der Waals surface area contributed by atoms with Crippen LogP contribution in [-0.2, 0) is 0 Å². The van der Waals surface area contributed by atoms with Crippen molar-refractivity contribution in [3.63, 3.8) is 0 Å². The van der Waals surface area contributed by atoms with Gasteiger partial charge in [-0.2, -0.15) is 0 Å². The highest BCUT2D eigenvalue weighted by molar-refractivity contribution is 6.34. The van der Waals surface area contributed by atoms with E-state index >= 15 is 0 Å². The topological polar surface area (TPSA) is 0 Å². The van der Waals surface area contributed by atoms with E-state index in [2.05, 4.69) is 72.8 Å². The summed E-state index contributed by atoms with van der Waals surface area (Å²) in [6.07, 6.45) is 0. The molecule has 0 amide bonds. The van der Waals surface area contributed by atoms with Crippen LogP contribution in [0.1, 0.15) is 11.0 Å². The Bertz CT molecular complexity index is 3610. The van der Waals surface area contributed by atoms with Crippen LogP contribution in [0.5, 0.6) is 0 Å². The number of fused-ring (bicyclic) bond motifs is 10. The first kappa shape index (κ1) is 23.5. The zero-order valence-corrected chi connectivity index (χ0v) is 29.0. The predicted octanol–water partition coefficient (Wildman–Crippen LogP) is 15.3. The van der Waals surface area contributed by atoms with Crippen molar-refractivity contribution < 1.29 is 11.0 Å². The van der Waals surface area contributed by atoms with Gasteiger partial charge in [-0.05, 0) is 115 Å². The minimum atomic E-state index is -0.425. The SMILES string of the molecule is [2H]c1c([2H])c([2H])c2c(-c3cc4c5ccccc5c5ccccc5c4c4ccccc34)c3c([2H])c([2H])c([2H])c([2H])c3c(-c3ccc(-c4ccc(-c5ccccc5)cc4)cc3)c2c1[2H]. The van der Waals surface area contributed by atoms with Gasteiger partial charge in [0.05, 0.1) is 11.0 Å². The van der Waals surface area contributed by atoms with Crippen molar-refractivity contribution in [1.82, 2.24) is 0 Å². The molecule has 0 heterocycles. The molecule has 0 heteroatoms. The lowest BCUT2D eigenvalue weighted by Crippen LogP contribution is -1.93. The Kier molecular flexibility index (Phi) is 5.36. The molecule has 11 rings (SSSR count). The van der Waals surface area contributed by atoms with Crippen LogP contribution < -0.4 is 0 Å². The third-order valence-electron chi connectivity index (χ3n) is 10.9. The van der Waals surface area contributed by atoms with Gasteiger partial charge in [0.1, 0.15) is 0 Å². The average molecular weight is 691 g/mol. The Morgan fingerprint density at radius 1 is 0.259 bits per heavy atom. The monoisotopic (exact) mass is 690 g/mol. The summed E-state index contributed by atoms with van der Waals surface area (Å²) in [5.41, 5.74) is 5.94. The quantitative estimate of drug-likeness (QED) is 0.127. The first-order valence-corrected chi connectivity index (χ1v) is 18.1. The van der Waals surface area contributed by atoms with E-state index in [1.165, 1.54) is 0 Å². The van der Waals surface area contributed by atoms with Gasteiger partial charge in [-0.3, -0.25) is 0 Å². The molecule has 0 spiro atoms. The largest absolute Gasteiger partial charge is 0.0629 e. The van der Waals surface area contributed by atoms with Crippen LogP contribution in [0, 0.1) is 0 Å². The van der Waals surface area contributed by atoms with E-state index < -0.39 is 24.2 Å². The van der Waals surface area contributed by atoms with Gasteiger partial charge in [-0.15, -0.1) is 0 Å². The van der Waals surface area contributed by atoms with Gasteiger partial charge in [0.25, 0.3) is 0 Å². The third-order valence-corrected chi connectivity index (χ3v) is 10.9. The van der Waals surface area contributed by atoms with E-state index in [-0.39, 0.29) is 45.7 Å². The summed E-state index contributed by atoms with van der Waals surface area (Å²) in [6, 6.07) is 49.8. The molecule has 0 atom stereocenters. The second-order valence-corrected chi connectivity index (χ2v) is 13.8. The molecule has 0 N–H and O–H groups in total. The van der Waals surface area contributed by atoms with E-state index in [1.54, 1.807) is 0 Å². The van der Waals surface area contributed by atoms with Crippen molar-refractivity contribution in [3.05, 3.63) is 206 Å². The Balaban J connectivity index is 1.27. The van der Waals surface area contributed by atoms with Crippen LogP contribution in [0.25, 0.3) is 109 Å². The summed E-state index contributed by atoms with van der Waals surface area (Å²) in [6.45, 7) is 0. The Morgan fingerprint density at radius 3 is 1.13 bits per heavy atom. The average Bonchev–Trinajstić information content (AvgIpc) is 3.33. The van der Waals surface area contributed by atoms with E-state index in [1.807, 2.05) is 84.9 Å². The summed E-state index contributed by atoms with van der Waals surface area (Å²) >= 11 is 0. The molecule has 0 nitrogen and oxygen atoms in total. The summed E-state index contributed by atoms with van der Waals surface area (Å²) in [4.78, 5) is 0. The lowest BCUT2D eigenvalue weighted by atomic mass is 9.82. The molecule has 0 aliphatic carbocycles. The van der Waals surface area contributed by atoms with Crippen molar-refractivity contribution in [1.29, 1.82) is 0 Å². The van der Waals surface area contributed by atoms with Gasteiger partial charge in [-0.25, -0.2) is 0 Å². The number of hydrogen-bond donors (Lipinski definition) is 0. The lowest BCUT2D eigenvalue weighted by molar-refractivity contribution is 1.59. The van der Waals surface area contributed by atoms with Crippen molar-refractivity contribution in [2.24, 2.45) is 0 Å². The van der Waals surface area contributed by atoms with Crippen LogP contribution in [0.2, 0.25) is 0 Å². The highest BCUT2D eigenvalue weighted by Gasteiger charge is 2.20. The second-order valence-electron chi connectivity index (χ2n) is 13.8. The summed E-state index contributed by atoms with van der Waals surface area (Å²) in [5, 5.41) is 8.65. The van der Waals surface area contributed by atoms with Gasteiger partial charge >= 0.3 is 0 Å². The highest BCUT2D eigenvalue weighted by atomic mass is 14.2. The molecule has 54 heavy (non-hydrogen) atoms. The molecular formula is C54H34. The normalized spacial score (nSPS) is 13.8. The summed E-state index contributed by atoms with van der Waals surface area (Å²) in [5.74, 6) is 0. The summed E-state index contributed by atoms with van der Waals surface area (Å²) < 4.78 is 74.3. The number of benzene rings is 11. The second kappa shape index (κ2) is 12.3. The molecule has 0 fully saturated rings. The van der Waals surface area contributed by atoms with Gasteiger partial charge < -0.3 is 0 Å². The minimum absolute atomic E-state index is 0.191. The molecule has 0 radical (unpaired) electrons. The molecule has 0 unspecified atom stereocenters. The maximum Gasteiger partial charge on any atom is 0.0629 e. The van der Waals surface area contributed by atoms with Crippen LogP contribution in [-0.4, -0.2) is 0 Å².